The summed E-state index contributed by atoms with van der Waals surface area (Å²) in [6.45, 7) is 1.14. The Labute approximate surface area is 88.5 Å². The third-order valence-corrected chi connectivity index (χ3v) is 2.04. The van der Waals surface area contributed by atoms with E-state index in [1.807, 2.05) is 19.3 Å². The van der Waals surface area contributed by atoms with Gasteiger partial charge in [0.2, 0.25) is 6.41 Å². The molecule has 1 rings (SSSR count). The molecular formula is C10H15N3O2. The summed E-state index contributed by atoms with van der Waals surface area (Å²) in [4.78, 5) is 21.5. The Balaban J connectivity index is 2.25. The molecule has 5 heteroatoms. The highest BCUT2D eigenvalue weighted by Crippen LogP contribution is 1.98. The molecule has 0 unspecified atom stereocenters. The van der Waals surface area contributed by atoms with Crippen LogP contribution in [-0.4, -0.2) is 30.0 Å². The van der Waals surface area contributed by atoms with Gasteiger partial charge in [-0.1, -0.05) is 0 Å². The molecule has 0 fully saturated rings. The summed E-state index contributed by atoms with van der Waals surface area (Å²) in [5.41, 5.74) is 0.637. The summed E-state index contributed by atoms with van der Waals surface area (Å²) in [6, 6.07) is 3.59. The molecule has 82 valence electrons. The average molecular weight is 209 g/mol. The second-order valence-corrected chi connectivity index (χ2v) is 3.19. The van der Waals surface area contributed by atoms with E-state index in [0.29, 0.717) is 25.2 Å². The molecule has 0 saturated heterocycles. The molecule has 2 N–H and O–H groups in total. The zero-order valence-corrected chi connectivity index (χ0v) is 8.69. The molecule has 5 nitrogen and oxygen atoms in total. The zero-order valence-electron chi connectivity index (χ0n) is 8.69. The van der Waals surface area contributed by atoms with Crippen LogP contribution in [0, 0.1) is 0 Å². The topological polar surface area (TPSA) is 63.1 Å². The molecule has 0 aliphatic rings. The van der Waals surface area contributed by atoms with Crippen molar-refractivity contribution < 1.29 is 9.59 Å². The molecule has 0 aliphatic heterocycles. The first-order valence-corrected chi connectivity index (χ1v) is 4.82. The molecule has 1 aromatic heterocycles. The largest absolute Gasteiger partial charge is 0.359 e. The minimum absolute atomic E-state index is 0.0893. The highest BCUT2D eigenvalue weighted by molar-refractivity contribution is 5.92. The maximum Gasteiger partial charge on any atom is 0.267 e. The zero-order chi connectivity index (χ0) is 11.1. The number of carbonyl (C=O) groups is 2. The monoisotopic (exact) mass is 209 g/mol. The molecule has 0 saturated carbocycles. The third kappa shape index (κ3) is 3.46. The summed E-state index contributed by atoms with van der Waals surface area (Å²) in [5.74, 6) is -0.0893. The SMILES string of the molecule is Cn1cccc1C(=O)NCCCNC=O. The number of aromatic nitrogens is 1. The maximum atomic E-state index is 11.5. The van der Waals surface area contributed by atoms with Crippen LogP contribution in [0.1, 0.15) is 16.9 Å². The number of rotatable bonds is 6. The molecule has 0 spiro atoms. The third-order valence-electron chi connectivity index (χ3n) is 2.04. The first kappa shape index (κ1) is 11.3. The molecule has 1 aromatic rings. The van der Waals surface area contributed by atoms with Crippen molar-refractivity contribution in [3.63, 3.8) is 0 Å². The Morgan fingerprint density at radius 3 is 2.93 bits per heavy atom. The van der Waals surface area contributed by atoms with E-state index < -0.39 is 0 Å². The van der Waals surface area contributed by atoms with Gasteiger partial charge in [0, 0.05) is 26.3 Å². The maximum absolute atomic E-state index is 11.5. The molecule has 0 bridgehead atoms. The highest BCUT2D eigenvalue weighted by atomic mass is 16.2. The van der Waals surface area contributed by atoms with Crippen molar-refractivity contribution in [1.82, 2.24) is 15.2 Å². The van der Waals surface area contributed by atoms with Gasteiger partial charge in [-0.2, -0.15) is 0 Å². The Morgan fingerprint density at radius 1 is 1.53 bits per heavy atom. The predicted molar refractivity (Wildman–Crippen MR) is 56.4 cm³/mol. The fourth-order valence-electron chi connectivity index (χ4n) is 1.24. The first-order valence-electron chi connectivity index (χ1n) is 4.82. The Hall–Kier alpha value is -1.78. The van der Waals surface area contributed by atoms with Crippen LogP contribution < -0.4 is 10.6 Å². The smallest absolute Gasteiger partial charge is 0.267 e. The summed E-state index contributed by atoms with van der Waals surface area (Å²) < 4.78 is 1.76. The van der Waals surface area contributed by atoms with Crippen LogP contribution in [0.15, 0.2) is 18.3 Å². The fourth-order valence-corrected chi connectivity index (χ4v) is 1.24. The lowest BCUT2D eigenvalue weighted by Crippen LogP contribution is -2.28. The molecule has 15 heavy (non-hydrogen) atoms. The van der Waals surface area contributed by atoms with Crippen LogP contribution in [0.2, 0.25) is 0 Å². The lowest BCUT2D eigenvalue weighted by molar-refractivity contribution is -0.109. The Bertz CT molecular complexity index is 333. The second kappa shape index (κ2) is 5.85. The predicted octanol–water partition coefficient (Wildman–Crippen LogP) is -0.109. The number of nitrogens with zero attached hydrogens (tertiary/aromatic N) is 1. The van der Waals surface area contributed by atoms with Crippen LogP contribution in [0.3, 0.4) is 0 Å². The van der Waals surface area contributed by atoms with Crippen LogP contribution in [-0.2, 0) is 11.8 Å². The van der Waals surface area contributed by atoms with Gasteiger partial charge in [0.25, 0.3) is 5.91 Å². The Kier molecular flexibility index (Phi) is 4.40. The van der Waals surface area contributed by atoms with Crippen molar-refractivity contribution in [1.29, 1.82) is 0 Å². The molecule has 0 radical (unpaired) electrons. The highest BCUT2D eigenvalue weighted by Gasteiger charge is 2.06. The number of hydrogen-bond acceptors (Lipinski definition) is 2. The summed E-state index contributed by atoms with van der Waals surface area (Å²) in [5, 5.41) is 5.30. The molecule has 1 heterocycles. The van der Waals surface area contributed by atoms with Gasteiger partial charge in [0.05, 0.1) is 0 Å². The summed E-state index contributed by atoms with van der Waals surface area (Å²) in [6.07, 6.45) is 3.21. The van der Waals surface area contributed by atoms with Gasteiger partial charge in [-0.15, -0.1) is 0 Å². The van der Waals surface area contributed by atoms with Crippen LogP contribution >= 0.6 is 0 Å². The standard InChI is InChI=1S/C10H15N3O2/c1-13-7-2-4-9(13)10(15)12-6-3-5-11-8-14/h2,4,7-8H,3,5-6H2,1H3,(H,11,14)(H,12,15). The van der Waals surface area contributed by atoms with Gasteiger partial charge in [0.15, 0.2) is 0 Å². The molecule has 0 aliphatic carbocycles. The van der Waals surface area contributed by atoms with E-state index in [0.717, 1.165) is 6.42 Å². The lowest BCUT2D eigenvalue weighted by Gasteiger charge is -2.05. The van der Waals surface area contributed by atoms with Crippen LogP contribution in [0.25, 0.3) is 0 Å². The average Bonchev–Trinajstić information content (AvgIpc) is 2.64. The van der Waals surface area contributed by atoms with Crippen molar-refractivity contribution >= 4 is 12.3 Å². The quantitative estimate of drug-likeness (QED) is 0.507. The molecule has 0 aromatic carbocycles. The minimum Gasteiger partial charge on any atom is -0.359 e. The molecule has 0 atom stereocenters. The van der Waals surface area contributed by atoms with E-state index in [2.05, 4.69) is 10.6 Å². The lowest BCUT2D eigenvalue weighted by atomic mass is 10.3. The second-order valence-electron chi connectivity index (χ2n) is 3.19. The number of hydrogen-bond donors (Lipinski definition) is 2. The number of carbonyl (C=O) groups excluding carboxylic acids is 2. The van der Waals surface area contributed by atoms with Crippen molar-refractivity contribution in [2.45, 2.75) is 6.42 Å². The number of aryl methyl sites for hydroxylation is 1. The van der Waals surface area contributed by atoms with E-state index in [4.69, 9.17) is 0 Å². The van der Waals surface area contributed by atoms with E-state index in [-0.39, 0.29) is 5.91 Å². The minimum atomic E-state index is -0.0893. The van der Waals surface area contributed by atoms with E-state index in [9.17, 15) is 9.59 Å². The van der Waals surface area contributed by atoms with Crippen molar-refractivity contribution in [3.05, 3.63) is 24.0 Å². The first-order chi connectivity index (χ1) is 7.25. The van der Waals surface area contributed by atoms with Crippen molar-refractivity contribution in [2.75, 3.05) is 13.1 Å². The molecule has 2 amide bonds. The normalized spacial score (nSPS) is 9.67. The summed E-state index contributed by atoms with van der Waals surface area (Å²) in [7, 11) is 1.82. The van der Waals surface area contributed by atoms with E-state index >= 15 is 0 Å². The van der Waals surface area contributed by atoms with Gasteiger partial charge >= 0.3 is 0 Å². The van der Waals surface area contributed by atoms with Gasteiger partial charge in [0.1, 0.15) is 5.69 Å². The van der Waals surface area contributed by atoms with Gasteiger partial charge in [-0.3, -0.25) is 9.59 Å². The van der Waals surface area contributed by atoms with Crippen molar-refractivity contribution in [3.8, 4) is 0 Å². The van der Waals surface area contributed by atoms with Gasteiger partial charge in [-0.25, -0.2) is 0 Å². The Morgan fingerprint density at radius 2 is 2.33 bits per heavy atom. The fraction of sp³-hybridized carbons (Fsp3) is 0.400. The van der Waals surface area contributed by atoms with E-state index in [1.54, 1.807) is 10.6 Å². The van der Waals surface area contributed by atoms with Crippen LogP contribution in [0.4, 0.5) is 0 Å². The summed E-state index contributed by atoms with van der Waals surface area (Å²) >= 11 is 0. The van der Waals surface area contributed by atoms with Gasteiger partial charge < -0.3 is 15.2 Å². The number of amides is 2. The van der Waals surface area contributed by atoms with Crippen molar-refractivity contribution in [2.24, 2.45) is 7.05 Å². The van der Waals surface area contributed by atoms with Crippen LogP contribution in [0.5, 0.6) is 0 Å². The van der Waals surface area contributed by atoms with E-state index in [1.165, 1.54) is 0 Å². The van der Waals surface area contributed by atoms with Gasteiger partial charge in [-0.05, 0) is 18.6 Å². The molecular weight excluding hydrogens is 194 g/mol. The number of nitrogens with one attached hydrogen (secondary N) is 2.